The zero-order valence-electron chi connectivity index (χ0n) is 10.8. The minimum Gasteiger partial charge on any atom is -0.496 e. The van der Waals surface area contributed by atoms with E-state index in [4.69, 9.17) is 16.3 Å². The van der Waals surface area contributed by atoms with Crippen LogP contribution in [-0.4, -0.2) is 7.11 Å². The van der Waals surface area contributed by atoms with Gasteiger partial charge in [0.1, 0.15) is 5.75 Å². The summed E-state index contributed by atoms with van der Waals surface area (Å²) in [4.78, 5) is 0. The molecule has 4 heteroatoms. The standard InChI is InChI=1S/C16H12BrClOS/c1-19-14-8-10(17)6-7-12(14)16(18)13-9-20-15-5-3-2-4-11(13)15/h2-9,16H,1H3. The summed E-state index contributed by atoms with van der Waals surface area (Å²) >= 11 is 11.9. The minimum atomic E-state index is -0.214. The van der Waals surface area contributed by atoms with Gasteiger partial charge in [-0.1, -0.05) is 40.2 Å². The summed E-state index contributed by atoms with van der Waals surface area (Å²) in [6, 6.07) is 14.3. The van der Waals surface area contributed by atoms with Crippen LogP contribution in [0, 0.1) is 0 Å². The number of hydrogen-bond acceptors (Lipinski definition) is 2. The quantitative estimate of drug-likeness (QED) is 0.516. The molecule has 0 radical (unpaired) electrons. The fourth-order valence-corrected chi connectivity index (χ4v) is 4.02. The second kappa shape index (κ2) is 5.76. The summed E-state index contributed by atoms with van der Waals surface area (Å²) in [5, 5.41) is 3.13. The third kappa shape index (κ3) is 2.46. The Labute approximate surface area is 135 Å². The molecule has 0 amide bonds. The predicted molar refractivity (Wildman–Crippen MR) is 90.2 cm³/mol. The summed E-state index contributed by atoms with van der Waals surface area (Å²) in [5.74, 6) is 0.801. The lowest BCUT2D eigenvalue weighted by Gasteiger charge is -2.14. The number of fused-ring (bicyclic) bond motifs is 1. The minimum absolute atomic E-state index is 0.214. The molecule has 0 saturated carbocycles. The van der Waals surface area contributed by atoms with Gasteiger partial charge in [0.05, 0.1) is 12.5 Å². The Morgan fingerprint density at radius 2 is 1.95 bits per heavy atom. The van der Waals surface area contributed by atoms with E-state index in [1.54, 1.807) is 18.4 Å². The molecule has 1 atom stereocenters. The van der Waals surface area contributed by atoms with Crippen molar-refractivity contribution in [2.24, 2.45) is 0 Å². The molecular formula is C16H12BrClOS. The van der Waals surface area contributed by atoms with Crippen LogP contribution in [0.25, 0.3) is 10.1 Å². The van der Waals surface area contributed by atoms with Gasteiger partial charge in [-0.05, 0) is 34.5 Å². The number of benzene rings is 2. The lowest BCUT2D eigenvalue weighted by Crippen LogP contribution is -1.96. The fourth-order valence-electron chi connectivity index (χ4n) is 2.26. The molecule has 0 saturated heterocycles. The van der Waals surface area contributed by atoms with Crippen LogP contribution >= 0.6 is 38.9 Å². The summed E-state index contributed by atoms with van der Waals surface area (Å²) in [7, 11) is 1.67. The van der Waals surface area contributed by atoms with Crippen molar-refractivity contribution in [2.75, 3.05) is 7.11 Å². The lowest BCUT2D eigenvalue weighted by molar-refractivity contribution is 0.410. The maximum atomic E-state index is 6.70. The molecule has 3 aromatic rings. The van der Waals surface area contributed by atoms with Crippen molar-refractivity contribution in [2.45, 2.75) is 5.38 Å². The van der Waals surface area contributed by atoms with E-state index in [2.05, 4.69) is 33.4 Å². The van der Waals surface area contributed by atoms with Gasteiger partial charge in [0, 0.05) is 14.7 Å². The molecule has 0 N–H and O–H groups in total. The van der Waals surface area contributed by atoms with Gasteiger partial charge >= 0.3 is 0 Å². The second-order valence-electron chi connectivity index (χ2n) is 4.44. The fraction of sp³-hybridized carbons (Fsp3) is 0.125. The second-order valence-corrected chi connectivity index (χ2v) is 6.70. The SMILES string of the molecule is COc1cc(Br)ccc1C(Cl)c1csc2ccccc12. The molecule has 3 rings (SSSR count). The first-order valence-corrected chi connectivity index (χ1v) is 8.25. The zero-order chi connectivity index (χ0) is 14.1. The van der Waals surface area contributed by atoms with Gasteiger partial charge in [-0.25, -0.2) is 0 Å². The van der Waals surface area contributed by atoms with E-state index in [0.29, 0.717) is 0 Å². The molecule has 1 aromatic heterocycles. The molecule has 20 heavy (non-hydrogen) atoms. The summed E-state index contributed by atoms with van der Waals surface area (Å²) in [6.45, 7) is 0. The number of methoxy groups -OCH3 is 1. The van der Waals surface area contributed by atoms with E-state index >= 15 is 0 Å². The van der Waals surface area contributed by atoms with Gasteiger partial charge in [0.25, 0.3) is 0 Å². The zero-order valence-corrected chi connectivity index (χ0v) is 13.9. The lowest BCUT2D eigenvalue weighted by atomic mass is 10.0. The van der Waals surface area contributed by atoms with Crippen LogP contribution in [0.2, 0.25) is 0 Å². The Hall–Kier alpha value is -1.03. The van der Waals surface area contributed by atoms with Gasteiger partial charge in [-0.15, -0.1) is 22.9 Å². The highest BCUT2D eigenvalue weighted by Crippen LogP contribution is 2.41. The van der Waals surface area contributed by atoms with E-state index in [1.807, 2.05) is 30.3 Å². The number of alkyl halides is 1. The Bertz CT molecular complexity index is 753. The van der Waals surface area contributed by atoms with E-state index < -0.39 is 0 Å². The van der Waals surface area contributed by atoms with E-state index in [0.717, 1.165) is 21.3 Å². The Morgan fingerprint density at radius 3 is 2.75 bits per heavy atom. The van der Waals surface area contributed by atoms with Gasteiger partial charge in [-0.3, -0.25) is 0 Å². The highest BCUT2D eigenvalue weighted by atomic mass is 79.9. The van der Waals surface area contributed by atoms with Crippen molar-refractivity contribution in [3.8, 4) is 5.75 Å². The van der Waals surface area contributed by atoms with Gasteiger partial charge in [0.2, 0.25) is 0 Å². The number of rotatable bonds is 3. The van der Waals surface area contributed by atoms with Crippen LogP contribution in [0.3, 0.4) is 0 Å². The van der Waals surface area contributed by atoms with Crippen LogP contribution in [0.5, 0.6) is 5.75 Å². The van der Waals surface area contributed by atoms with Crippen molar-refractivity contribution in [1.29, 1.82) is 0 Å². The van der Waals surface area contributed by atoms with Crippen molar-refractivity contribution in [1.82, 2.24) is 0 Å². The molecule has 0 aliphatic rings. The molecule has 0 spiro atoms. The monoisotopic (exact) mass is 366 g/mol. The van der Waals surface area contributed by atoms with Gasteiger partial charge in [0.15, 0.2) is 0 Å². The molecule has 0 aliphatic carbocycles. The third-order valence-electron chi connectivity index (χ3n) is 3.25. The molecule has 102 valence electrons. The number of thiophene rings is 1. The topological polar surface area (TPSA) is 9.23 Å². The highest BCUT2D eigenvalue weighted by Gasteiger charge is 2.19. The van der Waals surface area contributed by atoms with Crippen LogP contribution in [-0.2, 0) is 0 Å². The first kappa shape index (κ1) is 13.9. The molecule has 1 unspecified atom stereocenters. The van der Waals surface area contributed by atoms with Crippen molar-refractivity contribution in [3.63, 3.8) is 0 Å². The van der Waals surface area contributed by atoms with Crippen molar-refractivity contribution < 1.29 is 4.74 Å². The van der Waals surface area contributed by atoms with Gasteiger partial charge in [-0.2, -0.15) is 0 Å². The van der Waals surface area contributed by atoms with Gasteiger partial charge < -0.3 is 4.74 Å². The molecule has 2 aromatic carbocycles. The summed E-state index contributed by atoms with van der Waals surface area (Å²) < 4.78 is 7.68. The van der Waals surface area contributed by atoms with Crippen LogP contribution in [0.1, 0.15) is 16.5 Å². The van der Waals surface area contributed by atoms with Crippen molar-refractivity contribution >= 4 is 49.0 Å². The average molecular weight is 368 g/mol. The maximum absolute atomic E-state index is 6.70. The molecule has 1 heterocycles. The molecule has 0 fully saturated rings. The first-order chi connectivity index (χ1) is 9.70. The molecular weight excluding hydrogens is 356 g/mol. The third-order valence-corrected chi connectivity index (χ3v) is 5.20. The largest absolute Gasteiger partial charge is 0.496 e. The summed E-state index contributed by atoms with van der Waals surface area (Å²) in [5.41, 5.74) is 2.12. The Morgan fingerprint density at radius 1 is 1.15 bits per heavy atom. The number of hydrogen-bond donors (Lipinski definition) is 0. The van der Waals surface area contributed by atoms with Crippen LogP contribution < -0.4 is 4.74 Å². The van der Waals surface area contributed by atoms with Crippen LogP contribution in [0.4, 0.5) is 0 Å². The van der Waals surface area contributed by atoms with E-state index in [1.165, 1.54) is 10.1 Å². The number of ether oxygens (including phenoxy) is 1. The summed E-state index contributed by atoms with van der Waals surface area (Å²) in [6.07, 6.45) is 0. The normalized spacial score (nSPS) is 12.6. The van der Waals surface area contributed by atoms with Crippen molar-refractivity contribution in [3.05, 3.63) is 63.4 Å². The van der Waals surface area contributed by atoms with E-state index in [-0.39, 0.29) is 5.38 Å². The molecule has 0 aliphatic heterocycles. The average Bonchev–Trinajstić information content (AvgIpc) is 2.90. The Balaban J connectivity index is 2.10. The van der Waals surface area contributed by atoms with E-state index in [9.17, 15) is 0 Å². The maximum Gasteiger partial charge on any atom is 0.125 e. The van der Waals surface area contributed by atoms with Crippen LogP contribution in [0.15, 0.2) is 52.3 Å². The number of halogens is 2. The first-order valence-electron chi connectivity index (χ1n) is 6.14. The predicted octanol–water partition coefficient (Wildman–Crippen LogP) is 6.00. The molecule has 0 bridgehead atoms. The Kier molecular flexibility index (Phi) is 4.01. The highest BCUT2D eigenvalue weighted by molar-refractivity contribution is 9.10. The smallest absolute Gasteiger partial charge is 0.125 e. The molecule has 1 nitrogen and oxygen atoms in total.